The van der Waals surface area contributed by atoms with E-state index in [1.807, 2.05) is 41.3 Å². The summed E-state index contributed by atoms with van der Waals surface area (Å²) in [5, 5.41) is 8.56. The molecule has 6 heteroatoms. The van der Waals surface area contributed by atoms with Crippen molar-refractivity contribution >= 4 is 5.91 Å². The summed E-state index contributed by atoms with van der Waals surface area (Å²) in [6, 6.07) is 20.2. The standard InChI is InChI=1S/C23H26N4O2/c1-29-17-18-9-8-14-26(15-18)23(28)21-16-27(25-24-21)22(19-10-4-2-5-11-19)20-12-6-3-7-13-20/h2-7,10-13,16,18,22H,8-9,14-15,17H2,1H3. The Balaban J connectivity index is 1.60. The van der Waals surface area contributed by atoms with Gasteiger partial charge in [0.25, 0.3) is 5.91 Å². The molecule has 0 saturated carbocycles. The number of hydrogen-bond donors (Lipinski definition) is 0. The van der Waals surface area contributed by atoms with Gasteiger partial charge in [-0.25, -0.2) is 4.68 Å². The molecule has 1 unspecified atom stereocenters. The third kappa shape index (κ3) is 4.38. The highest BCUT2D eigenvalue weighted by atomic mass is 16.5. The Labute approximate surface area is 171 Å². The van der Waals surface area contributed by atoms with Crippen molar-refractivity contribution in [3.8, 4) is 0 Å². The molecule has 0 N–H and O–H groups in total. The maximum atomic E-state index is 13.0. The van der Waals surface area contributed by atoms with E-state index >= 15 is 0 Å². The lowest BCUT2D eigenvalue weighted by molar-refractivity contribution is 0.0565. The van der Waals surface area contributed by atoms with E-state index in [0.717, 1.165) is 30.5 Å². The Kier molecular flexibility index (Phi) is 6.00. The molecular weight excluding hydrogens is 364 g/mol. The summed E-state index contributed by atoms with van der Waals surface area (Å²) in [5.41, 5.74) is 2.58. The summed E-state index contributed by atoms with van der Waals surface area (Å²) in [5.74, 6) is 0.325. The van der Waals surface area contributed by atoms with Gasteiger partial charge in [-0.1, -0.05) is 65.9 Å². The van der Waals surface area contributed by atoms with Gasteiger partial charge in [-0.15, -0.1) is 5.10 Å². The van der Waals surface area contributed by atoms with Crippen molar-refractivity contribution in [2.75, 3.05) is 26.8 Å². The van der Waals surface area contributed by atoms with E-state index in [0.29, 0.717) is 24.8 Å². The molecule has 1 atom stereocenters. The average Bonchev–Trinajstić information content (AvgIpc) is 3.25. The molecule has 1 aromatic heterocycles. The molecule has 2 heterocycles. The minimum Gasteiger partial charge on any atom is -0.384 e. The van der Waals surface area contributed by atoms with Gasteiger partial charge in [-0.05, 0) is 29.9 Å². The number of aromatic nitrogens is 3. The Morgan fingerprint density at radius 2 is 1.76 bits per heavy atom. The molecule has 0 aliphatic carbocycles. The van der Waals surface area contributed by atoms with Crippen LogP contribution >= 0.6 is 0 Å². The van der Waals surface area contributed by atoms with Gasteiger partial charge in [-0.2, -0.15) is 0 Å². The molecule has 2 aromatic carbocycles. The molecule has 6 nitrogen and oxygen atoms in total. The number of hydrogen-bond acceptors (Lipinski definition) is 4. The summed E-state index contributed by atoms with van der Waals surface area (Å²) >= 11 is 0. The zero-order chi connectivity index (χ0) is 20.1. The number of piperidine rings is 1. The highest BCUT2D eigenvalue weighted by Gasteiger charge is 2.27. The highest BCUT2D eigenvalue weighted by Crippen LogP contribution is 2.26. The quantitative estimate of drug-likeness (QED) is 0.647. The van der Waals surface area contributed by atoms with Crippen LogP contribution in [0.4, 0.5) is 0 Å². The molecule has 1 amide bonds. The monoisotopic (exact) mass is 390 g/mol. The minimum absolute atomic E-state index is 0.0584. The van der Waals surface area contributed by atoms with Gasteiger partial charge < -0.3 is 9.64 Å². The second-order valence-corrected chi connectivity index (χ2v) is 7.52. The Hall–Kier alpha value is -2.99. The number of carbonyl (C=O) groups is 1. The van der Waals surface area contributed by atoms with E-state index in [4.69, 9.17) is 4.74 Å². The van der Waals surface area contributed by atoms with Crippen molar-refractivity contribution in [2.24, 2.45) is 5.92 Å². The first-order chi connectivity index (χ1) is 14.3. The van der Waals surface area contributed by atoms with E-state index in [1.165, 1.54) is 0 Å². The fourth-order valence-corrected chi connectivity index (χ4v) is 4.05. The molecule has 29 heavy (non-hydrogen) atoms. The molecule has 0 radical (unpaired) electrons. The van der Waals surface area contributed by atoms with Crippen LogP contribution < -0.4 is 0 Å². The van der Waals surface area contributed by atoms with E-state index in [1.54, 1.807) is 18.0 Å². The van der Waals surface area contributed by atoms with Gasteiger partial charge in [0.05, 0.1) is 12.8 Å². The summed E-state index contributed by atoms with van der Waals surface area (Å²) in [6.07, 6.45) is 3.85. The highest BCUT2D eigenvalue weighted by molar-refractivity contribution is 5.92. The number of ether oxygens (including phenoxy) is 1. The van der Waals surface area contributed by atoms with Gasteiger partial charge in [0, 0.05) is 20.2 Å². The topological polar surface area (TPSA) is 60.2 Å². The largest absolute Gasteiger partial charge is 0.384 e. The zero-order valence-corrected chi connectivity index (χ0v) is 16.6. The van der Waals surface area contributed by atoms with Crippen molar-refractivity contribution in [3.63, 3.8) is 0 Å². The molecular formula is C23H26N4O2. The molecule has 0 bridgehead atoms. The second-order valence-electron chi connectivity index (χ2n) is 7.52. The molecule has 0 spiro atoms. The molecule has 1 saturated heterocycles. The van der Waals surface area contributed by atoms with Crippen molar-refractivity contribution in [3.05, 3.63) is 83.7 Å². The third-order valence-corrected chi connectivity index (χ3v) is 5.43. The molecule has 3 aromatic rings. The number of amides is 1. The summed E-state index contributed by atoms with van der Waals surface area (Å²) in [6.45, 7) is 2.15. The first kappa shape index (κ1) is 19.3. The predicted molar refractivity (Wildman–Crippen MR) is 111 cm³/mol. The summed E-state index contributed by atoms with van der Waals surface area (Å²) in [4.78, 5) is 14.9. The lowest BCUT2D eigenvalue weighted by Crippen LogP contribution is -2.41. The van der Waals surface area contributed by atoms with Gasteiger partial charge >= 0.3 is 0 Å². The van der Waals surface area contributed by atoms with E-state index < -0.39 is 0 Å². The average molecular weight is 390 g/mol. The van der Waals surface area contributed by atoms with Crippen LogP contribution in [0.15, 0.2) is 66.9 Å². The van der Waals surface area contributed by atoms with Crippen LogP contribution in [-0.2, 0) is 4.74 Å². The fourth-order valence-electron chi connectivity index (χ4n) is 4.05. The SMILES string of the molecule is COCC1CCCN(C(=O)c2cn(C(c3ccccc3)c3ccccc3)nn2)C1. The number of benzene rings is 2. The van der Waals surface area contributed by atoms with Crippen molar-refractivity contribution < 1.29 is 9.53 Å². The van der Waals surface area contributed by atoms with Crippen molar-refractivity contribution in [1.29, 1.82) is 0 Å². The van der Waals surface area contributed by atoms with Crippen LogP contribution in [0.1, 0.15) is 40.5 Å². The van der Waals surface area contributed by atoms with Crippen molar-refractivity contribution in [1.82, 2.24) is 19.9 Å². The minimum atomic E-state index is -0.131. The maximum absolute atomic E-state index is 13.0. The predicted octanol–water partition coefficient (Wildman–Crippen LogP) is 3.41. The van der Waals surface area contributed by atoms with Gasteiger partial charge in [0.2, 0.25) is 0 Å². The van der Waals surface area contributed by atoms with E-state index in [-0.39, 0.29) is 11.9 Å². The Bertz CT molecular complexity index is 885. The normalized spacial score (nSPS) is 16.9. The molecule has 4 rings (SSSR count). The van der Waals surface area contributed by atoms with Gasteiger partial charge in [-0.3, -0.25) is 4.79 Å². The number of likely N-dealkylation sites (tertiary alicyclic amines) is 1. The molecule has 150 valence electrons. The Morgan fingerprint density at radius 1 is 1.10 bits per heavy atom. The number of carbonyl (C=O) groups excluding carboxylic acids is 1. The smallest absolute Gasteiger partial charge is 0.276 e. The Morgan fingerprint density at radius 3 is 2.38 bits per heavy atom. The third-order valence-electron chi connectivity index (χ3n) is 5.43. The first-order valence-electron chi connectivity index (χ1n) is 10.1. The lowest BCUT2D eigenvalue weighted by atomic mass is 9.98. The van der Waals surface area contributed by atoms with Crippen LogP contribution in [0.3, 0.4) is 0 Å². The number of methoxy groups -OCH3 is 1. The molecule has 1 aliphatic rings. The van der Waals surface area contributed by atoms with Crippen LogP contribution in [0, 0.1) is 5.92 Å². The van der Waals surface area contributed by atoms with Crippen LogP contribution in [0.5, 0.6) is 0 Å². The summed E-state index contributed by atoms with van der Waals surface area (Å²) in [7, 11) is 1.71. The number of rotatable bonds is 6. The molecule has 1 fully saturated rings. The number of nitrogens with zero attached hydrogens (tertiary/aromatic N) is 4. The van der Waals surface area contributed by atoms with E-state index in [9.17, 15) is 4.79 Å². The lowest BCUT2D eigenvalue weighted by Gasteiger charge is -2.31. The fraction of sp³-hybridized carbons (Fsp3) is 0.348. The van der Waals surface area contributed by atoms with Crippen LogP contribution in [-0.4, -0.2) is 52.6 Å². The van der Waals surface area contributed by atoms with Gasteiger partial charge in [0.15, 0.2) is 5.69 Å². The molecule has 1 aliphatic heterocycles. The van der Waals surface area contributed by atoms with Crippen LogP contribution in [0.25, 0.3) is 0 Å². The van der Waals surface area contributed by atoms with Crippen LogP contribution in [0.2, 0.25) is 0 Å². The van der Waals surface area contributed by atoms with Crippen molar-refractivity contribution in [2.45, 2.75) is 18.9 Å². The van der Waals surface area contributed by atoms with Gasteiger partial charge in [0.1, 0.15) is 6.04 Å². The second kappa shape index (κ2) is 9.01. The zero-order valence-electron chi connectivity index (χ0n) is 16.6. The summed E-state index contributed by atoms with van der Waals surface area (Å²) < 4.78 is 7.06. The van der Waals surface area contributed by atoms with E-state index in [2.05, 4.69) is 34.6 Å². The maximum Gasteiger partial charge on any atom is 0.276 e. The first-order valence-corrected chi connectivity index (χ1v) is 10.1.